The maximum Gasteiger partial charge on any atom is 0.160 e. The quantitative estimate of drug-likeness (QED) is 0.708. The van der Waals surface area contributed by atoms with Crippen LogP contribution in [0.1, 0.15) is 27.1 Å². The summed E-state index contributed by atoms with van der Waals surface area (Å²) in [6, 6.07) is 12.6. The Kier molecular flexibility index (Phi) is 5.29. The van der Waals surface area contributed by atoms with E-state index in [4.69, 9.17) is 9.47 Å². The Labute approximate surface area is 135 Å². The fraction of sp³-hybridized carbons (Fsp3) is 0.333. The van der Waals surface area contributed by atoms with Gasteiger partial charge in [-0.3, -0.25) is 0 Å². The molecule has 0 aromatic heterocycles. The Bertz CT molecular complexity index is 623. The summed E-state index contributed by atoms with van der Waals surface area (Å²) < 4.78 is 10.6. The highest BCUT2D eigenvalue weighted by Crippen LogP contribution is 2.33. The number of rotatable bonds is 5. The Hall–Kier alpha value is -1.48. The number of halogens is 1. The Morgan fingerprint density at radius 3 is 2.33 bits per heavy atom. The third kappa shape index (κ3) is 3.79. The molecule has 1 atom stereocenters. The van der Waals surface area contributed by atoms with Crippen LogP contribution in [-0.2, 0) is 6.42 Å². The van der Waals surface area contributed by atoms with Crippen molar-refractivity contribution in [2.24, 2.45) is 0 Å². The molecule has 3 heteroatoms. The molecule has 0 aliphatic heterocycles. The highest BCUT2D eigenvalue weighted by atomic mass is 79.9. The van der Waals surface area contributed by atoms with Crippen molar-refractivity contribution in [3.8, 4) is 11.5 Å². The molecule has 0 heterocycles. The van der Waals surface area contributed by atoms with E-state index < -0.39 is 0 Å². The first kappa shape index (κ1) is 15.9. The van der Waals surface area contributed by atoms with Crippen molar-refractivity contribution in [1.82, 2.24) is 0 Å². The van der Waals surface area contributed by atoms with Gasteiger partial charge in [-0.05, 0) is 49.1 Å². The molecule has 0 radical (unpaired) electrons. The molecule has 0 fully saturated rings. The van der Waals surface area contributed by atoms with E-state index in [9.17, 15) is 0 Å². The van der Waals surface area contributed by atoms with Gasteiger partial charge in [0.25, 0.3) is 0 Å². The highest BCUT2D eigenvalue weighted by Gasteiger charge is 2.13. The molecule has 21 heavy (non-hydrogen) atoms. The van der Waals surface area contributed by atoms with Gasteiger partial charge in [0, 0.05) is 4.83 Å². The molecule has 2 nitrogen and oxygen atoms in total. The van der Waals surface area contributed by atoms with Crippen LogP contribution in [0.25, 0.3) is 0 Å². The van der Waals surface area contributed by atoms with Crippen LogP contribution in [0.3, 0.4) is 0 Å². The molecule has 0 N–H and O–H groups in total. The first-order valence-electron chi connectivity index (χ1n) is 6.97. The van der Waals surface area contributed by atoms with Gasteiger partial charge in [0.05, 0.1) is 14.2 Å². The summed E-state index contributed by atoms with van der Waals surface area (Å²) in [5, 5.41) is 0. The Balaban J connectivity index is 2.23. The Morgan fingerprint density at radius 1 is 0.952 bits per heavy atom. The molecule has 2 aromatic carbocycles. The van der Waals surface area contributed by atoms with E-state index in [2.05, 4.69) is 54.0 Å². The van der Waals surface area contributed by atoms with Crippen molar-refractivity contribution >= 4 is 15.9 Å². The lowest BCUT2D eigenvalue weighted by atomic mass is 9.98. The van der Waals surface area contributed by atoms with Crippen LogP contribution in [-0.4, -0.2) is 14.2 Å². The van der Waals surface area contributed by atoms with E-state index in [1.54, 1.807) is 14.2 Å². The van der Waals surface area contributed by atoms with Crippen molar-refractivity contribution in [1.29, 1.82) is 0 Å². The molecule has 0 amide bonds. The van der Waals surface area contributed by atoms with E-state index in [-0.39, 0.29) is 4.83 Å². The van der Waals surface area contributed by atoms with Crippen LogP contribution in [0.5, 0.6) is 11.5 Å². The maximum absolute atomic E-state index is 5.37. The van der Waals surface area contributed by atoms with E-state index in [1.807, 2.05) is 12.1 Å². The second-order valence-electron chi connectivity index (χ2n) is 5.22. The lowest BCUT2D eigenvalue weighted by Crippen LogP contribution is -2.00. The van der Waals surface area contributed by atoms with Gasteiger partial charge in [-0.2, -0.15) is 0 Å². The fourth-order valence-electron chi connectivity index (χ4n) is 2.42. The van der Waals surface area contributed by atoms with E-state index in [0.717, 1.165) is 17.9 Å². The smallest absolute Gasteiger partial charge is 0.160 e. The summed E-state index contributed by atoms with van der Waals surface area (Å²) in [4.78, 5) is 0.288. The molecule has 0 aliphatic carbocycles. The molecule has 0 saturated carbocycles. The summed E-state index contributed by atoms with van der Waals surface area (Å²) in [7, 11) is 3.32. The van der Waals surface area contributed by atoms with E-state index >= 15 is 0 Å². The summed E-state index contributed by atoms with van der Waals surface area (Å²) in [6.07, 6.45) is 0.907. The zero-order valence-electron chi connectivity index (χ0n) is 12.9. The molecular formula is C18H21BrO2. The lowest BCUT2D eigenvalue weighted by molar-refractivity contribution is 0.354. The third-order valence-corrected chi connectivity index (χ3v) is 4.45. The average Bonchev–Trinajstić information content (AvgIpc) is 2.49. The summed E-state index contributed by atoms with van der Waals surface area (Å²) >= 11 is 3.82. The number of hydrogen-bond donors (Lipinski definition) is 0. The molecule has 0 bridgehead atoms. The first-order valence-corrected chi connectivity index (χ1v) is 7.89. The zero-order valence-corrected chi connectivity index (χ0v) is 14.5. The average molecular weight is 349 g/mol. The zero-order chi connectivity index (χ0) is 15.4. The predicted octanol–water partition coefficient (Wildman–Crippen LogP) is 5.00. The summed E-state index contributed by atoms with van der Waals surface area (Å²) in [5.74, 6) is 1.54. The van der Waals surface area contributed by atoms with Gasteiger partial charge in [0.2, 0.25) is 0 Å². The van der Waals surface area contributed by atoms with E-state index in [0.29, 0.717) is 0 Å². The van der Waals surface area contributed by atoms with Crippen LogP contribution >= 0.6 is 15.9 Å². The van der Waals surface area contributed by atoms with Gasteiger partial charge in [-0.1, -0.05) is 45.8 Å². The largest absolute Gasteiger partial charge is 0.493 e. The normalized spacial score (nSPS) is 12.0. The molecule has 0 aliphatic rings. The lowest BCUT2D eigenvalue weighted by Gasteiger charge is -2.15. The van der Waals surface area contributed by atoms with Gasteiger partial charge in [0.15, 0.2) is 11.5 Å². The minimum absolute atomic E-state index is 0.288. The SMILES string of the molecule is COc1ccc(CC(Br)c2cc(C)ccc2C)cc1OC. The van der Waals surface area contributed by atoms with E-state index in [1.165, 1.54) is 22.3 Å². The molecule has 2 rings (SSSR count). The van der Waals surface area contributed by atoms with Gasteiger partial charge in [-0.15, -0.1) is 0 Å². The fourth-order valence-corrected chi connectivity index (χ4v) is 3.29. The minimum Gasteiger partial charge on any atom is -0.493 e. The van der Waals surface area contributed by atoms with Gasteiger partial charge < -0.3 is 9.47 Å². The minimum atomic E-state index is 0.288. The number of benzene rings is 2. The standard InChI is InChI=1S/C18H21BrO2/c1-12-5-6-13(2)15(9-12)16(19)10-14-7-8-17(20-3)18(11-14)21-4/h5-9,11,16H,10H2,1-4H3. The molecule has 0 saturated heterocycles. The summed E-state index contributed by atoms with van der Waals surface area (Å²) in [5.41, 5.74) is 5.15. The van der Waals surface area contributed by atoms with Crippen molar-refractivity contribution in [3.63, 3.8) is 0 Å². The second-order valence-corrected chi connectivity index (χ2v) is 6.33. The predicted molar refractivity (Wildman–Crippen MR) is 90.8 cm³/mol. The maximum atomic E-state index is 5.37. The number of ether oxygens (including phenoxy) is 2. The van der Waals surface area contributed by atoms with Crippen molar-refractivity contribution < 1.29 is 9.47 Å². The van der Waals surface area contributed by atoms with Gasteiger partial charge in [0.1, 0.15) is 0 Å². The number of alkyl halides is 1. The van der Waals surface area contributed by atoms with Crippen molar-refractivity contribution in [3.05, 3.63) is 58.7 Å². The third-order valence-electron chi connectivity index (χ3n) is 3.64. The molecule has 0 spiro atoms. The van der Waals surface area contributed by atoms with Crippen LogP contribution in [0, 0.1) is 13.8 Å². The first-order chi connectivity index (χ1) is 10.0. The number of methoxy groups -OCH3 is 2. The highest BCUT2D eigenvalue weighted by molar-refractivity contribution is 9.09. The Morgan fingerprint density at radius 2 is 1.67 bits per heavy atom. The number of hydrogen-bond acceptors (Lipinski definition) is 2. The molecular weight excluding hydrogens is 328 g/mol. The monoisotopic (exact) mass is 348 g/mol. The molecule has 1 unspecified atom stereocenters. The number of aryl methyl sites for hydroxylation is 2. The topological polar surface area (TPSA) is 18.5 Å². The van der Waals surface area contributed by atoms with Crippen LogP contribution in [0.2, 0.25) is 0 Å². The van der Waals surface area contributed by atoms with Gasteiger partial charge >= 0.3 is 0 Å². The second kappa shape index (κ2) is 6.99. The molecule has 112 valence electrons. The van der Waals surface area contributed by atoms with Crippen molar-refractivity contribution in [2.75, 3.05) is 14.2 Å². The van der Waals surface area contributed by atoms with Crippen LogP contribution in [0.15, 0.2) is 36.4 Å². The summed E-state index contributed by atoms with van der Waals surface area (Å²) in [6.45, 7) is 4.27. The van der Waals surface area contributed by atoms with Crippen LogP contribution < -0.4 is 9.47 Å². The van der Waals surface area contributed by atoms with Crippen molar-refractivity contribution in [2.45, 2.75) is 25.1 Å². The van der Waals surface area contributed by atoms with Gasteiger partial charge in [-0.25, -0.2) is 0 Å². The molecule has 2 aromatic rings. The van der Waals surface area contributed by atoms with Crippen LogP contribution in [0.4, 0.5) is 0 Å².